The summed E-state index contributed by atoms with van der Waals surface area (Å²) >= 11 is 5.95. The smallest absolute Gasteiger partial charge is 0.340 e. The SMILES string of the molecule is O=C(O)[C@]1(Cl)CCCN1S(=O)(=O)c1ccccc1. The van der Waals surface area contributed by atoms with Crippen LogP contribution in [0.4, 0.5) is 0 Å². The summed E-state index contributed by atoms with van der Waals surface area (Å²) in [6.45, 7) is 0.118. The highest BCUT2D eigenvalue weighted by molar-refractivity contribution is 7.89. The van der Waals surface area contributed by atoms with Crippen molar-refractivity contribution in [3.8, 4) is 0 Å². The van der Waals surface area contributed by atoms with Crippen LogP contribution in [-0.4, -0.2) is 35.3 Å². The minimum absolute atomic E-state index is 0.0539. The first kappa shape index (κ1) is 13.3. The number of aliphatic carboxylic acids is 1. The quantitative estimate of drug-likeness (QED) is 0.676. The van der Waals surface area contributed by atoms with Crippen molar-refractivity contribution in [3.63, 3.8) is 0 Å². The number of carbonyl (C=O) groups is 1. The minimum Gasteiger partial charge on any atom is -0.479 e. The third-order valence-corrected chi connectivity index (χ3v) is 5.52. The average Bonchev–Trinajstić information content (AvgIpc) is 2.75. The van der Waals surface area contributed by atoms with E-state index >= 15 is 0 Å². The maximum Gasteiger partial charge on any atom is 0.340 e. The molecule has 0 aromatic heterocycles. The summed E-state index contributed by atoms with van der Waals surface area (Å²) in [5.41, 5.74) is 0. The zero-order valence-electron chi connectivity index (χ0n) is 9.41. The number of halogens is 1. The first-order valence-electron chi connectivity index (χ1n) is 5.39. The molecule has 0 unspecified atom stereocenters. The fourth-order valence-electron chi connectivity index (χ4n) is 2.00. The molecule has 0 amide bonds. The third kappa shape index (κ3) is 2.00. The van der Waals surface area contributed by atoms with Gasteiger partial charge in [-0.2, -0.15) is 4.31 Å². The number of benzene rings is 1. The van der Waals surface area contributed by atoms with Crippen molar-refractivity contribution in [1.82, 2.24) is 4.31 Å². The van der Waals surface area contributed by atoms with E-state index in [1.165, 1.54) is 12.1 Å². The van der Waals surface area contributed by atoms with Gasteiger partial charge in [0.1, 0.15) is 0 Å². The fraction of sp³-hybridized carbons (Fsp3) is 0.364. The lowest BCUT2D eigenvalue weighted by Gasteiger charge is -2.27. The topological polar surface area (TPSA) is 74.7 Å². The Morgan fingerprint density at radius 2 is 1.94 bits per heavy atom. The van der Waals surface area contributed by atoms with Gasteiger partial charge in [0.25, 0.3) is 0 Å². The second kappa shape index (κ2) is 4.53. The van der Waals surface area contributed by atoms with E-state index in [4.69, 9.17) is 16.7 Å². The molecule has 1 aromatic rings. The van der Waals surface area contributed by atoms with Crippen LogP contribution in [0.2, 0.25) is 0 Å². The van der Waals surface area contributed by atoms with E-state index in [1.54, 1.807) is 18.2 Å². The first-order chi connectivity index (χ1) is 8.39. The molecule has 1 saturated heterocycles. The van der Waals surface area contributed by atoms with Gasteiger partial charge in [0.05, 0.1) is 4.90 Å². The lowest BCUT2D eigenvalue weighted by molar-refractivity contribution is -0.142. The number of sulfonamides is 1. The van der Waals surface area contributed by atoms with Crippen molar-refractivity contribution in [3.05, 3.63) is 30.3 Å². The Labute approximate surface area is 110 Å². The molecule has 1 N–H and O–H groups in total. The maximum absolute atomic E-state index is 12.3. The Hall–Kier alpha value is -1.11. The molecule has 2 rings (SSSR count). The summed E-state index contributed by atoms with van der Waals surface area (Å²) < 4.78 is 25.5. The fourth-order valence-corrected chi connectivity index (χ4v) is 4.17. The van der Waals surface area contributed by atoms with Gasteiger partial charge in [-0.3, -0.25) is 0 Å². The van der Waals surface area contributed by atoms with Gasteiger partial charge < -0.3 is 5.11 Å². The Morgan fingerprint density at radius 1 is 1.33 bits per heavy atom. The molecule has 7 heteroatoms. The summed E-state index contributed by atoms with van der Waals surface area (Å²) in [5.74, 6) is -1.33. The van der Waals surface area contributed by atoms with Crippen LogP contribution in [0, 0.1) is 0 Å². The zero-order valence-corrected chi connectivity index (χ0v) is 11.0. The second-order valence-corrected chi connectivity index (χ2v) is 6.55. The average molecular weight is 290 g/mol. The molecular formula is C11H12ClNO4S. The molecule has 1 aliphatic heterocycles. The monoisotopic (exact) mass is 289 g/mol. The van der Waals surface area contributed by atoms with Crippen LogP contribution in [0.5, 0.6) is 0 Å². The van der Waals surface area contributed by atoms with Gasteiger partial charge in [0.15, 0.2) is 0 Å². The van der Waals surface area contributed by atoms with Gasteiger partial charge in [-0.1, -0.05) is 29.8 Å². The van der Waals surface area contributed by atoms with Crippen LogP contribution in [0.1, 0.15) is 12.8 Å². The van der Waals surface area contributed by atoms with Gasteiger partial charge >= 0.3 is 5.97 Å². The number of hydrogen-bond donors (Lipinski definition) is 1. The van der Waals surface area contributed by atoms with Crippen LogP contribution in [-0.2, 0) is 14.8 Å². The number of nitrogens with zero attached hydrogens (tertiary/aromatic N) is 1. The molecule has 0 bridgehead atoms. The Kier molecular flexibility index (Phi) is 3.35. The lowest BCUT2D eigenvalue weighted by atomic mass is 10.2. The summed E-state index contributed by atoms with van der Waals surface area (Å²) in [5, 5.41) is 9.12. The van der Waals surface area contributed by atoms with E-state index < -0.39 is 21.0 Å². The van der Waals surface area contributed by atoms with Crippen LogP contribution >= 0.6 is 11.6 Å². The molecule has 1 atom stereocenters. The van der Waals surface area contributed by atoms with Crippen molar-refractivity contribution in [2.75, 3.05) is 6.54 Å². The predicted molar refractivity (Wildman–Crippen MR) is 65.8 cm³/mol. The van der Waals surface area contributed by atoms with Gasteiger partial charge in [-0.15, -0.1) is 0 Å². The van der Waals surface area contributed by atoms with Crippen molar-refractivity contribution in [1.29, 1.82) is 0 Å². The summed E-state index contributed by atoms with van der Waals surface area (Å²) in [6, 6.07) is 7.70. The van der Waals surface area contributed by atoms with Crippen LogP contribution < -0.4 is 0 Å². The van der Waals surface area contributed by atoms with Gasteiger partial charge in [-0.25, -0.2) is 13.2 Å². The normalized spacial score (nSPS) is 25.2. The number of carboxylic acids is 1. The molecule has 1 fully saturated rings. The van der Waals surface area contributed by atoms with Crippen molar-refractivity contribution in [2.24, 2.45) is 0 Å². The molecule has 1 aliphatic rings. The molecule has 0 spiro atoms. The molecule has 0 aliphatic carbocycles. The van der Waals surface area contributed by atoms with E-state index in [-0.39, 0.29) is 17.9 Å². The van der Waals surface area contributed by atoms with Crippen LogP contribution in [0.3, 0.4) is 0 Å². The zero-order chi connectivity index (χ0) is 13.4. The summed E-state index contributed by atoms with van der Waals surface area (Å²) in [4.78, 5) is 9.36. The number of alkyl halides is 1. The standard InChI is InChI=1S/C11H12ClNO4S/c12-11(10(14)15)7-4-8-13(11)18(16,17)9-5-2-1-3-6-9/h1-3,5-6H,4,7-8H2,(H,14,15)/t11-/m0/s1. The number of rotatable bonds is 3. The molecule has 1 heterocycles. The molecule has 18 heavy (non-hydrogen) atoms. The molecule has 5 nitrogen and oxygen atoms in total. The van der Waals surface area contributed by atoms with E-state index in [0.717, 1.165) is 4.31 Å². The van der Waals surface area contributed by atoms with E-state index in [1.807, 2.05) is 0 Å². The summed E-state index contributed by atoms with van der Waals surface area (Å²) in [7, 11) is -3.87. The molecular weight excluding hydrogens is 278 g/mol. The van der Waals surface area contributed by atoms with Crippen molar-refractivity contribution in [2.45, 2.75) is 22.7 Å². The van der Waals surface area contributed by atoms with Gasteiger partial charge in [0.2, 0.25) is 15.0 Å². The maximum atomic E-state index is 12.3. The van der Waals surface area contributed by atoms with Crippen molar-refractivity contribution < 1.29 is 18.3 Å². The van der Waals surface area contributed by atoms with E-state index in [9.17, 15) is 13.2 Å². The van der Waals surface area contributed by atoms with E-state index in [2.05, 4.69) is 0 Å². The van der Waals surface area contributed by atoms with Crippen molar-refractivity contribution >= 4 is 27.6 Å². The Bertz CT molecular complexity index is 560. The number of carboxylic acid groups (broad SMARTS) is 1. The molecule has 98 valence electrons. The highest BCUT2D eigenvalue weighted by Crippen LogP contribution is 2.37. The second-order valence-electron chi connectivity index (χ2n) is 4.06. The highest BCUT2D eigenvalue weighted by Gasteiger charge is 2.52. The Balaban J connectivity index is 2.46. The largest absolute Gasteiger partial charge is 0.479 e. The van der Waals surface area contributed by atoms with Crippen LogP contribution in [0.25, 0.3) is 0 Å². The first-order valence-corrected chi connectivity index (χ1v) is 7.21. The molecule has 0 radical (unpaired) electrons. The Morgan fingerprint density at radius 3 is 2.50 bits per heavy atom. The molecule has 0 saturated carbocycles. The highest BCUT2D eigenvalue weighted by atomic mass is 35.5. The number of hydrogen-bond acceptors (Lipinski definition) is 3. The van der Waals surface area contributed by atoms with E-state index in [0.29, 0.717) is 6.42 Å². The summed E-state index contributed by atoms with van der Waals surface area (Å²) in [6.07, 6.45) is 0.540. The van der Waals surface area contributed by atoms with Gasteiger partial charge in [-0.05, 0) is 25.0 Å². The third-order valence-electron chi connectivity index (χ3n) is 2.92. The lowest BCUT2D eigenvalue weighted by Crippen LogP contribution is -2.48. The minimum atomic E-state index is -3.87. The van der Waals surface area contributed by atoms with Gasteiger partial charge in [0, 0.05) is 6.54 Å². The molecule has 1 aromatic carbocycles. The predicted octanol–water partition coefficient (Wildman–Crippen LogP) is 1.49. The van der Waals surface area contributed by atoms with Crippen LogP contribution in [0.15, 0.2) is 35.2 Å².